The second-order valence-electron chi connectivity index (χ2n) is 5.29. The van der Waals surface area contributed by atoms with E-state index in [4.69, 9.17) is 0 Å². The number of benzene rings is 1. The smallest absolute Gasteiger partial charge is 0.229 e. The summed E-state index contributed by atoms with van der Waals surface area (Å²) in [5.74, 6) is 0.203. The lowest BCUT2D eigenvalue weighted by Crippen LogP contribution is -2.10. The Morgan fingerprint density at radius 3 is 2.71 bits per heavy atom. The minimum atomic E-state index is -3.36. The topological polar surface area (TPSA) is 106 Å². The molecule has 8 nitrogen and oxygen atoms in total. The Labute approximate surface area is 138 Å². The van der Waals surface area contributed by atoms with Gasteiger partial charge in [-0.15, -0.1) is 0 Å². The summed E-state index contributed by atoms with van der Waals surface area (Å²) in [4.78, 5) is 15.3. The number of fused-ring (bicyclic) bond motifs is 1. The van der Waals surface area contributed by atoms with Crippen LogP contribution in [-0.4, -0.2) is 35.3 Å². The molecular weight excluding hydrogens is 330 g/mol. The van der Waals surface area contributed by atoms with Gasteiger partial charge in [-0.05, 0) is 18.2 Å². The van der Waals surface area contributed by atoms with Crippen LogP contribution in [0.3, 0.4) is 0 Å². The van der Waals surface area contributed by atoms with Gasteiger partial charge in [0.15, 0.2) is 0 Å². The number of amides is 1. The second kappa shape index (κ2) is 5.93. The van der Waals surface area contributed by atoms with Crippen LogP contribution in [0.4, 0.5) is 11.5 Å². The van der Waals surface area contributed by atoms with Crippen molar-refractivity contribution in [3.8, 4) is 5.69 Å². The molecule has 0 radical (unpaired) electrons. The fraction of sp³-hybridized carbons (Fsp3) is 0.133. The van der Waals surface area contributed by atoms with Gasteiger partial charge in [-0.3, -0.25) is 9.52 Å². The quantitative estimate of drug-likeness (QED) is 0.749. The molecule has 9 heteroatoms. The summed E-state index contributed by atoms with van der Waals surface area (Å²) in [7, 11) is -3.36. The lowest BCUT2D eigenvalue weighted by atomic mass is 10.2. The Hall–Kier alpha value is -2.94. The van der Waals surface area contributed by atoms with Gasteiger partial charge < -0.3 is 5.32 Å². The number of sulfonamides is 1. The van der Waals surface area contributed by atoms with E-state index in [1.54, 1.807) is 47.4 Å². The van der Waals surface area contributed by atoms with Gasteiger partial charge in [0.25, 0.3) is 0 Å². The maximum Gasteiger partial charge on any atom is 0.229 e. The Morgan fingerprint density at radius 1 is 1.21 bits per heavy atom. The lowest BCUT2D eigenvalue weighted by molar-refractivity contribution is -0.114. The molecule has 0 aliphatic carbocycles. The minimum Gasteiger partial charge on any atom is -0.311 e. The van der Waals surface area contributed by atoms with Crippen molar-refractivity contribution in [2.75, 3.05) is 16.3 Å². The van der Waals surface area contributed by atoms with Gasteiger partial charge in [0.05, 0.1) is 29.3 Å². The zero-order valence-corrected chi connectivity index (χ0v) is 13.8. The molecule has 3 aromatic rings. The third-order valence-electron chi connectivity index (χ3n) is 3.15. The zero-order chi connectivity index (χ0) is 17.3. The molecule has 2 N–H and O–H groups in total. The van der Waals surface area contributed by atoms with E-state index in [0.717, 1.165) is 17.2 Å². The molecule has 1 aromatic carbocycles. The van der Waals surface area contributed by atoms with E-state index in [9.17, 15) is 13.2 Å². The summed E-state index contributed by atoms with van der Waals surface area (Å²) in [6.07, 6.45) is 4.35. The van der Waals surface area contributed by atoms with Crippen molar-refractivity contribution in [2.24, 2.45) is 0 Å². The third-order valence-corrected chi connectivity index (χ3v) is 3.76. The van der Waals surface area contributed by atoms with Gasteiger partial charge in [0.2, 0.25) is 15.9 Å². The van der Waals surface area contributed by atoms with Crippen LogP contribution in [0.1, 0.15) is 6.92 Å². The Kier molecular flexibility index (Phi) is 3.94. The van der Waals surface area contributed by atoms with Crippen LogP contribution >= 0.6 is 0 Å². The predicted molar refractivity (Wildman–Crippen MR) is 91.6 cm³/mol. The molecule has 0 saturated carbocycles. The largest absolute Gasteiger partial charge is 0.311 e. The lowest BCUT2D eigenvalue weighted by Gasteiger charge is -2.08. The number of nitrogens with one attached hydrogen (secondary N) is 2. The van der Waals surface area contributed by atoms with Gasteiger partial charge in [0, 0.05) is 24.6 Å². The molecule has 0 bridgehead atoms. The summed E-state index contributed by atoms with van der Waals surface area (Å²) in [6, 6.07) is 8.57. The van der Waals surface area contributed by atoms with E-state index in [0.29, 0.717) is 17.2 Å². The number of anilines is 2. The van der Waals surface area contributed by atoms with E-state index >= 15 is 0 Å². The van der Waals surface area contributed by atoms with Crippen molar-refractivity contribution >= 4 is 38.3 Å². The molecule has 2 aromatic heterocycles. The molecular formula is C15H15N5O3S. The van der Waals surface area contributed by atoms with Crippen LogP contribution in [-0.2, 0) is 14.8 Å². The first-order chi connectivity index (χ1) is 11.3. The Morgan fingerprint density at radius 2 is 2.00 bits per heavy atom. The van der Waals surface area contributed by atoms with Crippen LogP contribution in [0.15, 0.2) is 42.7 Å². The highest BCUT2D eigenvalue weighted by Gasteiger charge is 2.09. The first-order valence-electron chi connectivity index (χ1n) is 7.01. The van der Waals surface area contributed by atoms with Crippen LogP contribution < -0.4 is 10.0 Å². The maximum absolute atomic E-state index is 11.4. The summed E-state index contributed by atoms with van der Waals surface area (Å²) in [5.41, 5.74) is 1.86. The fourth-order valence-electron chi connectivity index (χ4n) is 2.29. The molecule has 2 heterocycles. The van der Waals surface area contributed by atoms with Crippen LogP contribution in [0.2, 0.25) is 0 Å². The monoisotopic (exact) mass is 345 g/mol. The molecule has 24 heavy (non-hydrogen) atoms. The molecule has 0 atom stereocenters. The number of aromatic nitrogens is 3. The molecule has 0 aliphatic heterocycles. The van der Waals surface area contributed by atoms with Crippen LogP contribution in [0.25, 0.3) is 16.6 Å². The fourth-order valence-corrected chi connectivity index (χ4v) is 2.85. The SMILES string of the molecule is CC(=O)Nc1cc2c(cn1)cnn2-c1cccc(NS(C)(=O)=O)c1. The average Bonchev–Trinajstić information content (AvgIpc) is 2.88. The number of hydrogen-bond acceptors (Lipinski definition) is 5. The van der Waals surface area contributed by atoms with Crippen molar-refractivity contribution in [3.63, 3.8) is 0 Å². The predicted octanol–water partition coefficient (Wildman–Crippen LogP) is 1.75. The molecule has 0 unspecified atom stereocenters. The average molecular weight is 345 g/mol. The maximum atomic E-state index is 11.4. The molecule has 1 amide bonds. The Balaban J connectivity index is 2.06. The second-order valence-corrected chi connectivity index (χ2v) is 7.04. The first-order valence-corrected chi connectivity index (χ1v) is 8.90. The summed E-state index contributed by atoms with van der Waals surface area (Å²) >= 11 is 0. The van der Waals surface area contributed by atoms with Gasteiger partial charge in [-0.2, -0.15) is 5.10 Å². The van der Waals surface area contributed by atoms with E-state index in [1.165, 1.54) is 6.92 Å². The van der Waals surface area contributed by atoms with Crippen LogP contribution in [0.5, 0.6) is 0 Å². The molecule has 0 fully saturated rings. The molecule has 0 aliphatic rings. The van der Waals surface area contributed by atoms with E-state index in [2.05, 4.69) is 20.1 Å². The molecule has 124 valence electrons. The van der Waals surface area contributed by atoms with Crippen molar-refractivity contribution < 1.29 is 13.2 Å². The number of carbonyl (C=O) groups is 1. The summed E-state index contributed by atoms with van der Waals surface area (Å²) in [5, 5.41) is 7.73. The normalized spacial score (nSPS) is 11.4. The highest BCUT2D eigenvalue weighted by atomic mass is 32.2. The number of hydrogen-bond donors (Lipinski definition) is 2. The van der Waals surface area contributed by atoms with Gasteiger partial charge in [0.1, 0.15) is 5.82 Å². The molecule has 0 saturated heterocycles. The highest BCUT2D eigenvalue weighted by molar-refractivity contribution is 7.92. The van der Waals surface area contributed by atoms with Gasteiger partial charge in [-0.25, -0.2) is 18.1 Å². The van der Waals surface area contributed by atoms with Crippen molar-refractivity contribution in [1.29, 1.82) is 0 Å². The highest BCUT2D eigenvalue weighted by Crippen LogP contribution is 2.22. The van der Waals surface area contributed by atoms with E-state index in [-0.39, 0.29) is 5.91 Å². The molecule has 0 spiro atoms. The van der Waals surface area contributed by atoms with Crippen LogP contribution in [0, 0.1) is 0 Å². The van der Waals surface area contributed by atoms with E-state index < -0.39 is 10.0 Å². The number of pyridine rings is 1. The standard InChI is InChI=1S/C15H15N5O3S/c1-10(21)18-15-7-14-11(8-16-15)9-17-20(14)13-5-3-4-12(6-13)19-24(2,22)23/h3-9,19H,1-2H3,(H,16,18,21). The zero-order valence-electron chi connectivity index (χ0n) is 13.0. The number of rotatable bonds is 4. The number of carbonyl (C=O) groups excluding carboxylic acids is 1. The third kappa shape index (κ3) is 3.51. The van der Waals surface area contributed by atoms with E-state index in [1.807, 2.05) is 0 Å². The Bertz CT molecular complexity index is 1030. The van der Waals surface area contributed by atoms with Crippen molar-refractivity contribution in [2.45, 2.75) is 6.92 Å². The summed E-state index contributed by atoms with van der Waals surface area (Å²) < 4.78 is 26.8. The number of nitrogens with zero attached hydrogens (tertiary/aromatic N) is 3. The first kappa shape index (κ1) is 15.9. The molecule has 3 rings (SSSR count). The van der Waals surface area contributed by atoms with Gasteiger partial charge >= 0.3 is 0 Å². The minimum absolute atomic E-state index is 0.215. The summed E-state index contributed by atoms with van der Waals surface area (Å²) in [6.45, 7) is 1.41. The van der Waals surface area contributed by atoms with Crippen molar-refractivity contribution in [1.82, 2.24) is 14.8 Å². The van der Waals surface area contributed by atoms with Crippen molar-refractivity contribution in [3.05, 3.63) is 42.7 Å². The van der Waals surface area contributed by atoms with Gasteiger partial charge in [-0.1, -0.05) is 6.07 Å².